The van der Waals surface area contributed by atoms with Crippen molar-refractivity contribution in [3.8, 4) is 0 Å². The highest BCUT2D eigenvalue weighted by Crippen LogP contribution is 2.31. The molecule has 4 heterocycles. The van der Waals surface area contributed by atoms with Gasteiger partial charge in [0.15, 0.2) is 17.5 Å². The first-order chi connectivity index (χ1) is 14.0. The number of halogens is 2. The van der Waals surface area contributed by atoms with Crippen LogP contribution < -0.4 is 16.0 Å². The van der Waals surface area contributed by atoms with Crippen LogP contribution in [0.1, 0.15) is 19.2 Å². The van der Waals surface area contributed by atoms with Crippen molar-refractivity contribution in [1.29, 1.82) is 0 Å². The van der Waals surface area contributed by atoms with Crippen LogP contribution in [-0.2, 0) is 9.53 Å². The number of hydrogen-bond donors (Lipinski definition) is 3. The predicted octanol–water partition coefficient (Wildman–Crippen LogP) is 1.54. The van der Waals surface area contributed by atoms with Crippen LogP contribution in [0.2, 0.25) is 0 Å². The average Bonchev–Trinajstić information content (AvgIpc) is 3.16. The highest BCUT2D eigenvalue weighted by Gasteiger charge is 2.28. The Hall–Kier alpha value is -2.65. The summed E-state index contributed by atoms with van der Waals surface area (Å²) in [7, 11) is 0. The Kier molecular flexibility index (Phi) is 5.68. The van der Waals surface area contributed by atoms with Gasteiger partial charge in [-0.1, -0.05) is 18.5 Å². The minimum atomic E-state index is -0.553. The average molecular weight is 421 g/mol. The molecule has 0 radical (unpaired) electrons. The molecule has 154 valence electrons. The van der Waals surface area contributed by atoms with Gasteiger partial charge in [0.05, 0.1) is 23.9 Å². The molecule has 0 saturated carbocycles. The lowest BCUT2D eigenvalue weighted by Gasteiger charge is -2.33. The van der Waals surface area contributed by atoms with Gasteiger partial charge in [-0.15, -0.1) is 0 Å². The van der Waals surface area contributed by atoms with Crippen molar-refractivity contribution in [3.63, 3.8) is 0 Å². The maximum absolute atomic E-state index is 14.3. The highest BCUT2D eigenvalue weighted by molar-refractivity contribution is 6.31. The second kappa shape index (κ2) is 8.38. The van der Waals surface area contributed by atoms with E-state index in [-0.39, 0.29) is 24.0 Å². The summed E-state index contributed by atoms with van der Waals surface area (Å²) in [6, 6.07) is 0. The molecule has 8 nitrogen and oxygen atoms in total. The van der Waals surface area contributed by atoms with Gasteiger partial charge >= 0.3 is 0 Å². The number of hydrogen-bond acceptors (Lipinski definition) is 7. The van der Waals surface area contributed by atoms with Gasteiger partial charge < -0.3 is 25.6 Å². The first-order valence-corrected chi connectivity index (χ1v) is 9.89. The largest absolute Gasteiger partial charge is 0.373 e. The number of fused-ring (bicyclic) bond motifs is 1. The molecule has 1 amide bonds. The molecule has 1 aromatic rings. The minimum absolute atomic E-state index is 0.0890. The standard InChI is InChI=1S/C19H22ClFN6O2/c1-2-16(28)27-3-4-29-12(10-27)7-23-19-15(21)9-25-18(26-19)14-8-24-17-13(14)5-11(20)6-22-17/h5-6,8-9,12,17,22,24H,2-4,7,10H2,1H3,(H,23,25,26). The third-order valence-electron chi connectivity index (χ3n) is 4.97. The molecule has 2 unspecified atom stereocenters. The quantitative estimate of drug-likeness (QED) is 0.665. The summed E-state index contributed by atoms with van der Waals surface area (Å²) in [4.78, 5) is 22.2. The van der Waals surface area contributed by atoms with Crippen LogP contribution in [0.5, 0.6) is 0 Å². The van der Waals surface area contributed by atoms with Crippen molar-refractivity contribution in [1.82, 2.24) is 25.5 Å². The summed E-state index contributed by atoms with van der Waals surface area (Å²) in [5.41, 5.74) is 1.63. The number of carbonyl (C=O) groups is 1. The summed E-state index contributed by atoms with van der Waals surface area (Å²) < 4.78 is 20.0. The first-order valence-electron chi connectivity index (χ1n) is 9.51. The smallest absolute Gasteiger partial charge is 0.222 e. The van der Waals surface area contributed by atoms with Gasteiger partial charge in [-0.2, -0.15) is 0 Å². The second-order valence-electron chi connectivity index (χ2n) is 6.91. The number of anilines is 1. The maximum Gasteiger partial charge on any atom is 0.222 e. The van der Waals surface area contributed by atoms with E-state index in [4.69, 9.17) is 16.3 Å². The van der Waals surface area contributed by atoms with E-state index in [1.54, 1.807) is 17.3 Å². The van der Waals surface area contributed by atoms with Crippen LogP contribution >= 0.6 is 11.6 Å². The number of nitrogens with one attached hydrogen (secondary N) is 3. The highest BCUT2D eigenvalue weighted by atomic mass is 35.5. The maximum atomic E-state index is 14.3. The number of morpholine rings is 1. The van der Waals surface area contributed by atoms with E-state index in [1.807, 2.05) is 13.0 Å². The summed E-state index contributed by atoms with van der Waals surface area (Å²) in [5.74, 6) is 0.0116. The van der Waals surface area contributed by atoms with Crippen molar-refractivity contribution < 1.29 is 13.9 Å². The summed E-state index contributed by atoms with van der Waals surface area (Å²) in [6.45, 7) is 3.68. The SMILES string of the molecule is CCC(=O)N1CCOC(CNc2nc(C3=CNC4NC=C(Cl)C=C34)ncc2F)C1. The van der Waals surface area contributed by atoms with Crippen LogP contribution in [0.25, 0.3) is 5.57 Å². The molecule has 3 N–H and O–H groups in total. The van der Waals surface area contributed by atoms with Crippen molar-refractivity contribution in [3.05, 3.63) is 46.9 Å². The fourth-order valence-corrected chi connectivity index (χ4v) is 3.65. The van der Waals surface area contributed by atoms with Crippen LogP contribution in [0.3, 0.4) is 0 Å². The second-order valence-corrected chi connectivity index (χ2v) is 7.35. The molecule has 3 aliphatic heterocycles. The molecule has 0 spiro atoms. The number of allylic oxidation sites excluding steroid dienone is 2. The molecular weight excluding hydrogens is 399 g/mol. The molecule has 29 heavy (non-hydrogen) atoms. The number of rotatable bonds is 5. The molecule has 2 atom stereocenters. The molecule has 1 aromatic heterocycles. The van der Waals surface area contributed by atoms with E-state index < -0.39 is 5.82 Å². The van der Waals surface area contributed by atoms with Gasteiger partial charge in [0.2, 0.25) is 5.91 Å². The number of dihydropyridines is 1. The fourth-order valence-electron chi connectivity index (χ4n) is 3.47. The number of amides is 1. The predicted molar refractivity (Wildman–Crippen MR) is 107 cm³/mol. The van der Waals surface area contributed by atoms with Gasteiger partial charge in [0.25, 0.3) is 0 Å². The lowest BCUT2D eigenvalue weighted by molar-refractivity contribution is -0.137. The molecule has 10 heteroatoms. The van der Waals surface area contributed by atoms with E-state index in [0.717, 1.165) is 17.3 Å². The van der Waals surface area contributed by atoms with E-state index >= 15 is 0 Å². The molecular formula is C19H22ClFN6O2. The monoisotopic (exact) mass is 420 g/mol. The Balaban J connectivity index is 1.46. The van der Waals surface area contributed by atoms with E-state index in [0.29, 0.717) is 43.5 Å². The number of ether oxygens (including phenoxy) is 1. The molecule has 0 bridgehead atoms. The topological polar surface area (TPSA) is 91.4 Å². The van der Waals surface area contributed by atoms with Crippen LogP contribution in [0.15, 0.2) is 35.3 Å². The number of nitrogens with zero attached hydrogens (tertiary/aromatic N) is 3. The number of aromatic nitrogens is 2. The Bertz CT molecular complexity index is 903. The van der Waals surface area contributed by atoms with Gasteiger partial charge in [0, 0.05) is 49.6 Å². The normalized spacial score (nSPS) is 23.3. The first kappa shape index (κ1) is 19.7. The zero-order chi connectivity index (χ0) is 20.4. The third-order valence-corrected chi connectivity index (χ3v) is 5.19. The molecule has 0 aromatic carbocycles. The Labute approximate surface area is 172 Å². The zero-order valence-corrected chi connectivity index (χ0v) is 16.7. The van der Waals surface area contributed by atoms with Gasteiger partial charge in [-0.25, -0.2) is 14.4 Å². The molecule has 3 aliphatic rings. The lowest BCUT2D eigenvalue weighted by atomic mass is 10.0. The Morgan fingerprint density at radius 3 is 3.10 bits per heavy atom. The van der Waals surface area contributed by atoms with E-state index in [1.165, 1.54) is 0 Å². The van der Waals surface area contributed by atoms with Gasteiger partial charge in [-0.3, -0.25) is 4.79 Å². The summed E-state index contributed by atoms with van der Waals surface area (Å²) in [5, 5.41) is 9.85. The van der Waals surface area contributed by atoms with Crippen molar-refractivity contribution >= 4 is 28.9 Å². The van der Waals surface area contributed by atoms with Crippen molar-refractivity contribution in [2.75, 3.05) is 31.6 Å². The van der Waals surface area contributed by atoms with Gasteiger partial charge in [-0.05, 0) is 6.08 Å². The lowest BCUT2D eigenvalue weighted by Crippen LogP contribution is -2.47. The molecule has 1 fully saturated rings. The molecule has 0 aliphatic carbocycles. The molecule has 1 saturated heterocycles. The summed E-state index contributed by atoms with van der Waals surface area (Å²) in [6.07, 6.45) is 6.55. The Morgan fingerprint density at radius 2 is 2.28 bits per heavy atom. The fraction of sp³-hybridized carbons (Fsp3) is 0.421. The number of carbonyl (C=O) groups excluding carboxylic acids is 1. The van der Waals surface area contributed by atoms with Gasteiger partial charge in [0.1, 0.15) is 6.17 Å². The van der Waals surface area contributed by atoms with Crippen molar-refractivity contribution in [2.45, 2.75) is 25.6 Å². The van der Waals surface area contributed by atoms with E-state index in [2.05, 4.69) is 25.9 Å². The minimum Gasteiger partial charge on any atom is -0.373 e. The van der Waals surface area contributed by atoms with Crippen LogP contribution in [0, 0.1) is 5.82 Å². The zero-order valence-electron chi connectivity index (χ0n) is 15.9. The summed E-state index contributed by atoms with van der Waals surface area (Å²) >= 11 is 6.08. The molecule has 4 rings (SSSR count). The van der Waals surface area contributed by atoms with Crippen LogP contribution in [0.4, 0.5) is 10.2 Å². The van der Waals surface area contributed by atoms with E-state index in [9.17, 15) is 9.18 Å². The van der Waals surface area contributed by atoms with Crippen molar-refractivity contribution in [2.24, 2.45) is 0 Å². The van der Waals surface area contributed by atoms with Crippen LogP contribution in [-0.4, -0.2) is 59.3 Å². The third kappa shape index (κ3) is 4.20. The Morgan fingerprint density at radius 1 is 1.45 bits per heavy atom.